The van der Waals surface area contributed by atoms with Crippen molar-refractivity contribution < 1.29 is 14.6 Å². The van der Waals surface area contributed by atoms with Gasteiger partial charge in [0.1, 0.15) is 5.75 Å². The van der Waals surface area contributed by atoms with E-state index in [-0.39, 0.29) is 6.42 Å². The van der Waals surface area contributed by atoms with Gasteiger partial charge in [0.05, 0.1) is 6.61 Å². The summed E-state index contributed by atoms with van der Waals surface area (Å²) in [4.78, 5) is 10.4. The summed E-state index contributed by atoms with van der Waals surface area (Å²) in [5, 5.41) is 8.53. The molecule has 3 nitrogen and oxygen atoms in total. The molecule has 20 heavy (non-hydrogen) atoms. The number of benzene rings is 1. The van der Waals surface area contributed by atoms with Gasteiger partial charge in [0, 0.05) is 6.42 Å². The predicted molar refractivity (Wildman–Crippen MR) is 81.0 cm³/mol. The smallest absolute Gasteiger partial charge is 0.303 e. The Hall–Kier alpha value is -1.51. The van der Waals surface area contributed by atoms with Gasteiger partial charge in [-0.3, -0.25) is 4.79 Å². The maximum atomic E-state index is 10.4. The summed E-state index contributed by atoms with van der Waals surface area (Å²) in [6.07, 6.45) is 7.18. The third-order valence-corrected chi connectivity index (χ3v) is 3.17. The second-order valence-corrected chi connectivity index (χ2v) is 5.01. The highest BCUT2D eigenvalue weighted by Gasteiger charge is 1.99. The molecule has 111 valence electrons. The number of carbonyl (C=O) groups is 1. The number of ether oxygens (including phenoxy) is 1. The lowest BCUT2D eigenvalue weighted by Gasteiger charge is -2.08. The first-order valence-corrected chi connectivity index (χ1v) is 7.45. The summed E-state index contributed by atoms with van der Waals surface area (Å²) in [7, 11) is 0. The Bertz CT molecular complexity index is 388. The van der Waals surface area contributed by atoms with Crippen LogP contribution in [-0.2, 0) is 11.2 Å². The largest absolute Gasteiger partial charge is 0.494 e. The van der Waals surface area contributed by atoms with Crippen LogP contribution in [0.1, 0.15) is 50.5 Å². The number of rotatable bonds is 11. The highest BCUT2D eigenvalue weighted by atomic mass is 16.5. The molecule has 1 N–H and O–H groups in total. The van der Waals surface area contributed by atoms with Gasteiger partial charge in [-0.25, -0.2) is 0 Å². The van der Waals surface area contributed by atoms with E-state index in [1.165, 1.54) is 12.0 Å². The maximum Gasteiger partial charge on any atom is 0.303 e. The van der Waals surface area contributed by atoms with Crippen LogP contribution in [0, 0.1) is 6.92 Å². The average molecular weight is 277 g/mol. The van der Waals surface area contributed by atoms with Gasteiger partial charge in [-0.05, 0) is 49.8 Å². The third-order valence-electron chi connectivity index (χ3n) is 3.17. The predicted octanol–water partition coefficient (Wildman–Crippen LogP) is 4.26. The lowest BCUT2D eigenvalue weighted by atomic mass is 10.1. The van der Waals surface area contributed by atoms with Gasteiger partial charge in [-0.1, -0.05) is 31.9 Å². The molecule has 0 fully saturated rings. The lowest BCUT2D eigenvalue weighted by molar-refractivity contribution is -0.137. The number of unbranched alkanes of at least 4 members (excludes halogenated alkanes) is 4. The van der Waals surface area contributed by atoms with Gasteiger partial charge in [-0.2, -0.15) is 0 Å². The SMILES string of the molecule is [CH2]CCCCc1cccc(OCCCCCC(=O)O)c1. The Kier molecular flexibility index (Phi) is 8.52. The second-order valence-electron chi connectivity index (χ2n) is 5.01. The molecule has 0 aliphatic rings. The third kappa shape index (κ3) is 7.82. The molecular formula is C17H25O3. The summed E-state index contributed by atoms with van der Waals surface area (Å²) in [5.41, 5.74) is 1.31. The van der Waals surface area contributed by atoms with E-state index in [9.17, 15) is 4.79 Å². The van der Waals surface area contributed by atoms with Crippen molar-refractivity contribution in [2.75, 3.05) is 6.61 Å². The van der Waals surface area contributed by atoms with Crippen LogP contribution in [0.3, 0.4) is 0 Å². The highest BCUT2D eigenvalue weighted by Crippen LogP contribution is 2.16. The number of hydrogen-bond donors (Lipinski definition) is 1. The van der Waals surface area contributed by atoms with Crippen LogP contribution in [0.5, 0.6) is 5.75 Å². The number of aryl methyl sites for hydroxylation is 1. The van der Waals surface area contributed by atoms with Crippen molar-refractivity contribution in [3.63, 3.8) is 0 Å². The van der Waals surface area contributed by atoms with Crippen molar-refractivity contribution in [2.24, 2.45) is 0 Å². The van der Waals surface area contributed by atoms with Crippen LogP contribution < -0.4 is 4.74 Å². The Morgan fingerprint density at radius 3 is 2.75 bits per heavy atom. The van der Waals surface area contributed by atoms with Gasteiger partial charge < -0.3 is 9.84 Å². The molecular weight excluding hydrogens is 252 g/mol. The quantitative estimate of drug-likeness (QED) is 0.615. The molecule has 0 unspecified atom stereocenters. The molecule has 0 bridgehead atoms. The van der Waals surface area contributed by atoms with E-state index in [2.05, 4.69) is 19.1 Å². The molecule has 1 rings (SSSR count). The monoisotopic (exact) mass is 277 g/mol. The van der Waals surface area contributed by atoms with Gasteiger partial charge in [0.2, 0.25) is 0 Å². The molecule has 0 saturated carbocycles. The molecule has 0 spiro atoms. The van der Waals surface area contributed by atoms with Crippen molar-refractivity contribution in [1.82, 2.24) is 0 Å². The van der Waals surface area contributed by atoms with Gasteiger partial charge in [0.15, 0.2) is 0 Å². The van der Waals surface area contributed by atoms with Crippen LogP contribution in [0.15, 0.2) is 24.3 Å². The fourth-order valence-electron chi connectivity index (χ4n) is 2.04. The van der Waals surface area contributed by atoms with Gasteiger partial charge >= 0.3 is 5.97 Å². The Labute approximate surface area is 122 Å². The molecule has 0 aliphatic carbocycles. The standard InChI is InChI=1S/C17H25O3/c1-2-3-5-9-15-10-8-11-16(14-15)20-13-7-4-6-12-17(18)19/h8,10-11,14H,1-7,9,12-13H2,(H,18,19). The molecule has 0 aromatic heterocycles. The number of carboxylic acid groups (broad SMARTS) is 1. The summed E-state index contributed by atoms with van der Waals surface area (Å²) in [6, 6.07) is 8.23. The molecule has 0 heterocycles. The minimum Gasteiger partial charge on any atom is -0.494 e. The van der Waals surface area contributed by atoms with E-state index in [1.807, 2.05) is 12.1 Å². The Morgan fingerprint density at radius 2 is 2.00 bits per heavy atom. The minimum atomic E-state index is -0.721. The van der Waals surface area contributed by atoms with E-state index in [0.29, 0.717) is 6.61 Å². The van der Waals surface area contributed by atoms with Crippen LogP contribution in [0.25, 0.3) is 0 Å². The maximum absolute atomic E-state index is 10.4. The van der Waals surface area contributed by atoms with Crippen LogP contribution in [-0.4, -0.2) is 17.7 Å². The van der Waals surface area contributed by atoms with Crippen molar-refractivity contribution in [1.29, 1.82) is 0 Å². The summed E-state index contributed by atoms with van der Waals surface area (Å²) in [6.45, 7) is 4.50. The number of hydrogen-bond acceptors (Lipinski definition) is 2. The number of carboxylic acids is 1. The number of aliphatic carboxylic acids is 1. The van der Waals surface area contributed by atoms with Crippen molar-refractivity contribution in [3.05, 3.63) is 36.8 Å². The van der Waals surface area contributed by atoms with E-state index >= 15 is 0 Å². The summed E-state index contributed by atoms with van der Waals surface area (Å²) in [5.74, 6) is 0.191. The topological polar surface area (TPSA) is 46.5 Å². The zero-order chi connectivity index (χ0) is 14.6. The molecule has 0 atom stereocenters. The van der Waals surface area contributed by atoms with Gasteiger partial charge in [-0.15, -0.1) is 0 Å². The molecule has 0 aliphatic heterocycles. The minimum absolute atomic E-state index is 0.252. The zero-order valence-electron chi connectivity index (χ0n) is 12.1. The molecule has 1 aromatic carbocycles. The lowest BCUT2D eigenvalue weighted by Crippen LogP contribution is -1.99. The Balaban J connectivity index is 2.19. The zero-order valence-corrected chi connectivity index (χ0v) is 12.1. The second kappa shape index (κ2) is 10.3. The Morgan fingerprint density at radius 1 is 1.15 bits per heavy atom. The average Bonchev–Trinajstić information content (AvgIpc) is 2.43. The van der Waals surface area contributed by atoms with Crippen molar-refractivity contribution >= 4 is 5.97 Å². The first kappa shape index (κ1) is 16.5. The van der Waals surface area contributed by atoms with Crippen molar-refractivity contribution in [2.45, 2.75) is 51.4 Å². The molecule has 1 aromatic rings. The van der Waals surface area contributed by atoms with Crippen LogP contribution in [0.2, 0.25) is 0 Å². The summed E-state index contributed by atoms with van der Waals surface area (Å²) >= 11 is 0. The molecule has 0 amide bonds. The van der Waals surface area contributed by atoms with E-state index in [0.717, 1.165) is 44.3 Å². The molecule has 3 heteroatoms. The first-order chi connectivity index (χ1) is 9.72. The van der Waals surface area contributed by atoms with E-state index in [4.69, 9.17) is 9.84 Å². The first-order valence-electron chi connectivity index (χ1n) is 7.45. The fraction of sp³-hybridized carbons (Fsp3) is 0.529. The van der Waals surface area contributed by atoms with Crippen molar-refractivity contribution in [3.8, 4) is 5.75 Å². The highest BCUT2D eigenvalue weighted by molar-refractivity contribution is 5.66. The molecule has 1 radical (unpaired) electrons. The van der Waals surface area contributed by atoms with E-state index < -0.39 is 5.97 Å². The fourth-order valence-corrected chi connectivity index (χ4v) is 2.04. The normalized spacial score (nSPS) is 10.4. The van der Waals surface area contributed by atoms with Gasteiger partial charge in [0.25, 0.3) is 0 Å². The van der Waals surface area contributed by atoms with E-state index in [1.54, 1.807) is 0 Å². The molecule has 0 saturated heterocycles. The summed E-state index contributed by atoms with van der Waals surface area (Å²) < 4.78 is 5.70. The van der Waals surface area contributed by atoms with Crippen LogP contribution in [0.4, 0.5) is 0 Å². The van der Waals surface area contributed by atoms with Crippen LogP contribution >= 0.6 is 0 Å².